The summed E-state index contributed by atoms with van der Waals surface area (Å²) in [5.41, 5.74) is 5.25. The summed E-state index contributed by atoms with van der Waals surface area (Å²) in [4.78, 5) is 26.3. The van der Waals surface area contributed by atoms with Gasteiger partial charge in [0.25, 0.3) is 5.91 Å². The highest BCUT2D eigenvalue weighted by atomic mass is 16.2. The van der Waals surface area contributed by atoms with Crippen LogP contribution in [0.3, 0.4) is 0 Å². The average Bonchev–Trinajstić information content (AvgIpc) is 2.63. The standard InChI is InChI=1S/C9H16N6O2/c1-5(2)12-6(16)3-4-11-8(17)7-13-9(10)15-14-7/h5H,3-4H2,1-2H3,(H,11,17)(H,12,16)(H3,10,13,14,15). The van der Waals surface area contributed by atoms with Crippen LogP contribution in [0.1, 0.15) is 30.9 Å². The third-order valence-corrected chi connectivity index (χ3v) is 1.81. The zero-order valence-electron chi connectivity index (χ0n) is 9.78. The van der Waals surface area contributed by atoms with Crippen LogP contribution in [0.5, 0.6) is 0 Å². The lowest BCUT2D eigenvalue weighted by Crippen LogP contribution is -2.34. The van der Waals surface area contributed by atoms with E-state index < -0.39 is 5.91 Å². The second-order valence-corrected chi connectivity index (χ2v) is 3.77. The third-order valence-electron chi connectivity index (χ3n) is 1.81. The van der Waals surface area contributed by atoms with Crippen molar-refractivity contribution in [1.82, 2.24) is 25.8 Å². The van der Waals surface area contributed by atoms with E-state index in [0.29, 0.717) is 0 Å². The molecule has 0 aliphatic carbocycles. The Hall–Kier alpha value is -2.12. The number of carbonyl (C=O) groups is 2. The quantitative estimate of drug-likeness (QED) is 0.527. The molecule has 0 saturated carbocycles. The summed E-state index contributed by atoms with van der Waals surface area (Å²) in [5.74, 6) is -0.511. The topological polar surface area (TPSA) is 126 Å². The number of hydrogen-bond acceptors (Lipinski definition) is 5. The highest BCUT2D eigenvalue weighted by molar-refractivity contribution is 5.90. The fourth-order valence-corrected chi connectivity index (χ4v) is 1.14. The van der Waals surface area contributed by atoms with Gasteiger partial charge in [-0.1, -0.05) is 0 Å². The predicted octanol–water partition coefficient (Wildman–Crippen LogP) is -0.969. The van der Waals surface area contributed by atoms with Crippen LogP contribution >= 0.6 is 0 Å². The van der Waals surface area contributed by atoms with Crippen molar-refractivity contribution in [3.63, 3.8) is 0 Å². The predicted molar refractivity (Wildman–Crippen MR) is 61.0 cm³/mol. The van der Waals surface area contributed by atoms with Gasteiger partial charge < -0.3 is 16.4 Å². The van der Waals surface area contributed by atoms with Crippen LogP contribution < -0.4 is 16.4 Å². The Balaban J connectivity index is 2.27. The molecule has 1 heterocycles. The Morgan fingerprint density at radius 1 is 1.47 bits per heavy atom. The molecule has 0 aliphatic rings. The zero-order chi connectivity index (χ0) is 12.8. The summed E-state index contributed by atoms with van der Waals surface area (Å²) in [6, 6.07) is 0.0901. The highest BCUT2D eigenvalue weighted by Gasteiger charge is 2.10. The molecule has 1 aromatic rings. The van der Waals surface area contributed by atoms with Gasteiger partial charge in [-0.05, 0) is 13.8 Å². The number of nitrogens with zero attached hydrogens (tertiary/aromatic N) is 2. The molecule has 0 saturated heterocycles. The monoisotopic (exact) mass is 240 g/mol. The second kappa shape index (κ2) is 5.83. The van der Waals surface area contributed by atoms with Gasteiger partial charge in [-0.25, -0.2) is 0 Å². The van der Waals surface area contributed by atoms with E-state index in [1.807, 2.05) is 13.8 Å². The smallest absolute Gasteiger partial charge is 0.288 e. The fraction of sp³-hybridized carbons (Fsp3) is 0.556. The molecule has 0 spiro atoms. The van der Waals surface area contributed by atoms with Crippen molar-refractivity contribution >= 4 is 17.8 Å². The van der Waals surface area contributed by atoms with E-state index in [9.17, 15) is 9.59 Å². The number of rotatable bonds is 5. The Morgan fingerprint density at radius 2 is 2.18 bits per heavy atom. The molecular weight excluding hydrogens is 224 g/mol. The summed E-state index contributed by atoms with van der Waals surface area (Å²) >= 11 is 0. The molecule has 8 nitrogen and oxygen atoms in total. The van der Waals surface area contributed by atoms with Gasteiger partial charge >= 0.3 is 0 Å². The fourth-order valence-electron chi connectivity index (χ4n) is 1.14. The minimum atomic E-state index is -0.438. The van der Waals surface area contributed by atoms with E-state index in [-0.39, 0.29) is 36.7 Å². The lowest BCUT2D eigenvalue weighted by Gasteiger charge is -2.08. The number of amides is 2. The summed E-state index contributed by atoms with van der Waals surface area (Å²) in [5, 5.41) is 11.1. The maximum absolute atomic E-state index is 11.4. The van der Waals surface area contributed by atoms with Crippen molar-refractivity contribution < 1.29 is 9.59 Å². The summed E-state index contributed by atoms with van der Waals surface area (Å²) in [6.45, 7) is 3.97. The number of anilines is 1. The molecule has 8 heteroatoms. The van der Waals surface area contributed by atoms with E-state index in [1.54, 1.807) is 0 Å². The molecule has 0 bridgehead atoms. The first-order chi connectivity index (χ1) is 7.99. The molecule has 1 aromatic heterocycles. The minimum Gasteiger partial charge on any atom is -0.366 e. The Kier molecular flexibility index (Phi) is 4.44. The van der Waals surface area contributed by atoms with E-state index in [1.165, 1.54) is 0 Å². The van der Waals surface area contributed by atoms with Crippen LogP contribution in [-0.2, 0) is 4.79 Å². The van der Waals surface area contributed by atoms with E-state index >= 15 is 0 Å². The molecule has 0 fully saturated rings. The molecular formula is C9H16N6O2. The number of H-pyrrole nitrogens is 1. The van der Waals surface area contributed by atoms with Crippen molar-refractivity contribution in [2.45, 2.75) is 26.3 Å². The molecule has 0 atom stereocenters. The average molecular weight is 240 g/mol. The van der Waals surface area contributed by atoms with E-state index in [2.05, 4.69) is 25.8 Å². The lowest BCUT2D eigenvalue weighted by atomic mass is 10.3. The van der Waals surface area contributed by atoms with E-state index in [4.69, 9.17) is 5.73 Å². The van der Waals surface area contributed by atoms with Crippen molar-refractivity contribution in [3.05, 3.63) is 5.82 Å². The molecule has 0 unspecified atom stereocenters. The van der Waals surface area contributed by atoms with E-state index in [0.717, 1.165) is 0 Å². The van der Waals surface area contributed by atoms with Gasteiger partial charge in [-0.15, -0.1) is 5.10 Å². The van der Waals surface area contributed by atoms with Crippen LogP contribution in [0.15, 0.2) is 0 Å². The molecule has 94 valence electrons. The van der Waals surface area contributed by atoms with Crippen molar-refractivity contribution in [1.29, 1.82) is 0 Å². The molecule has 5 N–H and O–H groups in total. The Bertz CT molecular complexity index is 400. The summed E-state index contributed by atoms with van der Waals surface area (Å²) < 4.78 is 0. The molecule has 1 rings (SSSR count). The zero-order valence-corrected chi connectivity index (χ0v) is 9.78. The van der Waals surface area contributed by atoms with Gasteiger partial charge in [0, 0.05) is 19.0 Å². The molecule has 17 heavy (non-hydrogen) atoms. The first-order valence-corrected chi connectivity index (χ1v) is 5.24. The van der Waals surface area contributed by atoms with Gasteiger partial charge in [0.2, 0.25) is 17.7 Å². The molecule has 0 aromatic carbocycles. The van der Waals surface area contributed by atoms with Gasteiger partial charge in [0.15, 0.2) is 0 Å². The third kappa shape index (κ3) is 4.49. The van der Waals surface area contributed by atoms with Gasteiger partial charge in [-0.2, -0.15) is 4.98 Å². The normalized spacial score (nSPS) is 10.3. The maximum Gasteiger partial charge on any atom is 0.288 e. The SMILES string of the molecule is CC(C)NC(=O)CCNC(=O)c1nc(N)n[nH]1. The van der Waals surface area contributed by atoms with Crippen LogP contribution in [0.25, 0.3) is 0 Å². The first-order valence-electron chi connectivity index (χ1n) is 5.24. The van der Waals surface area contributed by atoms with Crippen LogP contribution in [0.4, 0.5) is 5.95 Å². The van der Waals surface area contributed by atoms with Crippen molar-refractivity contribution in [2.75, 3.05) is 12.3 Å². The molecule has 0 aliphatic heterocycles. The minimum absolute atomic E-state index is 0.00713. The maximum atomic E-state index is 11.4. The first kappa shape index (κ1) is 12.9. The number of aromatic nitrogens is 3. The van der Waals surface area contributed by atoms with Crippen molar-refractivity contribution in [3.8, 4) is 0 Å². The summed E-state index contributed by atoms with van der Waals surface area (Å²) in [6.07, 6.45) is 0.216. The Labute approximate surface area is 98.4 Å². The number of aromatic amines is 1. The van der Waals surface area contributed by atoms with Crippen molar-refractivity contribution in [2.24, 2.45) is 0 Å². The van der Waals surface area contributed by atoms with Gasteiger partial charge in [0.05, 0.1) is 0 Å². The van der Waals surface area contributed by atoms with Crippen LogP contribution in [0.2, 0.25) is 0 Å². The number of nitrogen functional groups attached to an aromatic ring is 1. The summed E-state index contributed by atoms with van der Waals surface area (Å²) in [7, 11) is 0. The number of carbonyl (C=O) groups excluding carboxylic acids is 2. The molecule has 0 radical (unpaired) electrons. The molecule has 2 amide bonds. The number of nitrogens with one attached hydrogen (secondary N) is 3. The van der Waals surface area contributed by atoms with Gasteiger partial charge in [-0.3, -0.25) is 14.7 Å². The van der Waals surface area contributed by atoms with Crippen LogP contribution in [-0.4, -0.2) is 39.6 Å². The Morgan fingerprint density at radius 3 is 2.71 bits per heavy atom. The highest BCUT2D eigenvalue weighted by Crippen LogP contribution is 1.92. The lowest BCUT2D eigenvalue weighted by molar-refractivity contribution is -0.121. The van der Waals surface area contributed by atoms with Crippen LogP contribution in [0, 0.1) is 0 Å². The van der Waals surface area contributed by atoms with Gasteiger partial charge in [0.1, 0.15) is 0 Å². The largest absolute Gasteiger partial charge is 0.366 e. The number of hydrogen-bond donors (Lipinski definition) is 4. The second-order valence-electron chi connectivity index (χ2n) is 3.77. The number of nitrogens with two attached hydrogens (primary N) is 1.